The quantitative estimate of drug-likeness (QED) is 0.443. The minimum Gasteiger partial charge on any atom is -0.497 e. The average Bonchev–Trinajstić information content (AvgIpc) is 3.20. The topological polar surface area (TPSA) is 56.2 Å². The van der Waals surface area contributed by atoms with Crippen LogP contribution in [0.25, 0.3) is 10.2 Å². The van der Waals surface area contributed by atoms with E-state index in [9.17, 15) is 9.18 Å². The van der Waals surface area contributed by atoms with Gasteiger partial charge in [0.05, 0.1) is 25.4 Å². The summed E-state index contributed by atoms with van der Waals surface area (Å²) < 4.78 is 20.4. The fourth-order valence-electron chi connectivity index (χ4n) is 4.57. The zero-order chi connectivity index (χ0) is 22.8. The number of fused-ring (bicyclic) bond motifs is 3. The molecule has 2 heterocycles. The second-order valence-electron chi connectivity index (χ2n) is 8.49. The Morgan fingerprint density at radius 2 is 2.06 bits per heavy atom. The smallest absolute Gasteiger partial charge is 0.262 e. The van der Waals surface area contributed by atoms with Crippen molar-refractivity contribution in [3.8, 4) is 5.75 Å². The molecule has 170 valence electrons. The van der Waals surface area contributed by atoms with Crippen LogP contribution in [0.3, 0.4) is 0 Å². The van der Waals surface area contributed by atoms with Crippen molar-refractivity contribution in [3.63, 3.8) is 0 Å². The number of nitrogens with one attached hydrogen (secondary N) is 1. The van der Waals surface area contributed by atoms with E-state index >= 15 is 0 Å². The van der Waals surface area contributed by atoms with Crippen LogP contribution in [0.2, 0.25) is 0 Å². The number of hydrogen-bond donors (Lipinski definition) is 1. The highest BCUT2D eigenvalue weighted by Crippen LogP contribution is 2.33. The van der Waals surface area contributed by atoms with Gasteiger partial charge in [0.2, 0.25) is 0 Å². The maximum atomic E-state index is 13.4. The average molecular weight is 464 g/mol. The van der Waals surface area contributed by atoms with Gasteiger partial charge < -0.3 is 10.1 Å². The van der Waals surface area contributed by atoms with E-state index in [-0.39, 0.29) is 11.4 Å². The summed E-state index contributed by atoms with van der Waals surface area (Å²) in [4.78, 5) is 20.0. The van der Waals surface area contributed by atoms with Crippen LogP contribution < -0.4 is 15.6 Å². The van der Waals surface area contributed by atoms with Gasteiger partial charge in [-0.3, -0.25) is 9.36 Å². The molecule has 0 radical (unpaired) electrons. The van der Waals surface area contributed by atoms with Crippen molar-refractivity contribution in [2.24, 2.45) is 0 Å². The molecule has 0 bridgehead atoms. The minimum absolute atomic E-state index is 0.0258. The van der Waals surface area contributed by atoms with E-state index in [1.807, 2.05) is 30.3 Å². The van der Waals surface area contributed by atoms with Gasteiger partial charge in [-0.2, -0.15) is 0 Å². The van der Waals surface area contributed by atoms with Gasteiger partial charge in [-0.05, 0) is 73.2 Å². The highest BCUT2D eigenvalue weighted by atomic mass is 32.1. The monoisotopic (exact) mass is 463 g/mol. The van der Waals surface area contributed by atoms with Crippen molar-refractivity contribution in [2.45, 2.75) is 38.3 Å². The minimum atomic E-state index is -0.190. The summed E-state index contributed by atoms with van der Waals surface area (Å²) in [5.41, 5.74) is 3.19. The van der Waals surface area contributed by atoms with Crippen molar-refractivity contribution in [2.75, 3.05) is 13.7 Å². The fraction of sp³-hybridized carbons (Fsp3) is 0.308. The summed E-state index contributed by atoms with van der Waals surface area (Å²) in [7, 11) is 1.64. The number of hydrogen-bond acceptors (Lipinski definition) is 5. The molecular formula is C26H26FN3O2S. The fourth-order valence-corrected chi connectivity index (χ4v) is 5.83. The third-order valence-electron chi connectivity index (χ3n) is 6.26. The molecule has 4 aromatic rings. The zero-order valence-electron chi connectivity index (χ0n) is 18.5. The number of aryl methyl sites for hydroxylation is 1. The molecule has 0 saturated heterocycles. The summed E-state index contributed by atoms with van der Waals surface area (Å²) in [6.07, 6.45) is 5.19. The molecular weight excluding hydrogens is 437 g/mol. The predicted octanol–water partition coefficient (Wildman–Crippen LogP) is 4.34. The van der Waals surface area contributed by atoms with Crippen LogP contribution in [0, 0.1) is 5.82 Å². The van der Waals surface area contributed by atoms with Gasteiger partial charge >= 0.3 is 0 Å². The molecule has 0 fully saturated rings. The Morgan fingerprint density at radius 3 is 2.91 bits per heavy atom. The number of benzene rings is 2. The molecule has 1 aliphatic carbocycles. The Morgan fingerprint density at radius 1 is 1.21 bits per heavy atom. The molecule has 0 spiro atoms. The number of thiophene rings is 1. The lowest BCUT2D eigenvalue weighted by atomic mass is 9.93. The van der Waals surface area contributed by atoms with E-state index in [2.05, 4.69) is 10.3 Å². The van der Waals surface area contributed by atoms with Gasteiger partial charge in [0.1, 0.15) is 16.4 Å². The van der Waals surface area contributed by atoms with Crippen molar-refractivity contribution in [1.82, 2.24) is 14.9 Å². The van der Waals surface area contributed by atoms with Crippen LogP contribution >= 0.6 is 11.3 Å². The third kappa shape index (κ3) is 4.70. The summed E-state index contributed by atoms with van der Waals surface area (Å²) in [6, 6.07) is 14.9. The van der Waals surface area contributed by atoms with Gasteiger partial charge in [0, 0.05) is 10.9 Å². The predicted molar refractivity (Wildman–Crippen MR) is 130 cm³/mol. The van der Waals surface area contributed by atoms with E-state index in [1.165, 1.54) is 10.9 Å². The van der Waals surface area contributed by atoms with Crippen LogP contribution in [0.1, 0.15) is 28.0 Å². The number of nitrogens with zero attached hydrogens (tertiary/aromatic N) is 2. The highest BCUT2D eigenvalue weighted by Gasteiger charge is 2.25. The second-order valence-corrected chi connectivity index (χ2v) is 9.57. The molecule has 1 aliphatic rings. The molecule has 2 aromatic heterocycles. The highest BCUT2D eigenvalue weighted by molar-refractivity contribution is 7.18. The molecule has 5 rings (SSSR count). The van der Waals surface area contributed by atoms with E-state index in [4.69, 9.17) is 4.74 Å². The molecule has 33 heavy (non-hydrogen) atoms. The summed E-state index contributed by atoms with van der Waals surface area (Å²) in [6.45, 7) is 1.27. The molecule has 1 N–H and O–H groups in total. The summed E-state index contributed by atoms with van der Waals surface area (Å²) >= 11 is 1.64. The van der Waals surface area contributed by atoms with Gasteiger partial charge in [-0.1, -0.05) is 24.3 Å². The Bertz CT molecular complexity index is 1350. The first kappa shape index (κ1) is 21.8. The van der Waals surface area contributed by atoms with Gasteiger partial charge in [0.25, 0.3) is 5.56 Å². The normalized spacial score (nSPS) is 15.5. The van der Waals surface area contributed by atoms with Crippen molar-refractivity contribution < 1.29 is 9.13 Å². The lowest BCUT2D eigenvalue weighted by Crippen LogP contribution is -2.35. The second kappa shape index (κ2) is 9.45. The molecule has 7 heteroatoms. The zero-order valence-corrected chi connectivity index (χ0v) is 19.3. The molecule has 0 amide bonds. The maximum absolute atomic E-state index is 13.4. The Hall–Kier alpha value is -3.03. The number of aromatic nitrogens is 2. The first-order chi connectivity index (χ1) is 16.1. The van der Waals surface area contributed by atoms with Crippen LogP contribution in [-0.4, -0.2) is 29.2 Å². The Balaban J connectivity index is 1.30. The number of rotatable bonds is 7. The van der Waals surface area contributed by atoms with Gasteiger partial charge in [0.15, 0.2) is 0 Å². The van der Waals surface area contributed by atoms with E-state index < -0.39 is 0 Å². The molecule has 5 nitrogen and oxygen atoms in total. The van der Waals surface area contributed by atoms with E-state index in [1.54, 1.807) is 41.5 Å². The number of methoxy groups -OCH3 is 1. The SMILES string of the molecule is COc1cccc(Cn2cnc3sc4c(c3c2=O)CCC(NCCc2cccc(F)c2)C4)c1. The van der Waals surface area contributed by atoms with Gasteiger partial charge in [-0.15, -0.1) is 11.3 Å². The Labute approximate surface area is 195 Å². The largest absolute Gasteiger partial charge is 0.497 e. The first-order valence-electron chi connectivity index (χ1n) is 11.2. The maximum Gasteiger partial charge on any atom is 0.262 e. The van der Waals surface area contributed by atoms with Gasteiger partial charge in [-0.25, -0.2) is 9.37 Å². The number of halogens is 1. The van der Waals surface area contributed by atoms with Crippen LogP contribution in [0.5, 0.6) is 5.75 Å². The third-order valence-corrected chi connectivity index (χ3v) is 7.42. The lowest BCUT2D eigenvalue weighted by molar-refractivity contribution is 0.414. The lowest BCUT2D eigenvalue weighted by Gasteiger charge is -2.23. The van der Waals surface area contributed by atoms with Crippen molar-refractivity contribution in [3.05, 3.63) is 92.6 Å². The van der Waals surface area contributed by atoms with E-state index in [0.717, 1.165) is 64.9 Å². The van der Waals surface area contributed by atoms with E-state index in [0.29, 0.717) is 12.6 Å². The Kier molecular flexibility index (Phi) is 6.24. The standard InChI is InChI=1S/C26H26FN3O2S/c1-32-21-7-3-5-18(13-21)15-30-16-29-25-24(26(30)31)22-9-8-20(14-23(22)33-25)28-11-10-17-4-2-6-19(27)12-17/h2-7,12-13,16,20,28H,8-11,14-15H2,1H3. The number of ether oxygens (including phenoxy) is 1. The molecule has 1 atom stereocenters. The van der Waals surface area contributed by atoms with Crippen LogP contribution in [0.4, 0.5) is 4.39 Å². The molecule has 0 saturated carbocycles. The molecule has 0 aliphatic heterocycles. The summed E-state index contributed by atoms with van der Waals surface area (Å²) in [5, 5.41) is 4.39. The van der Waals surface area contributed by atoms with Crippen molar-refractivity contribution >= 4 is 21.6 Å². The van der Waals surface area contributed by atoms with Crippen molar-refractivity contribution in [1.29, 1.82) is 0 Å². The summed E-state index contributed by atoms with van der Waals surface area (Å²) in [5.74, 6) is 0.586. The molecule has 1 unspecified atom stereocenters. The van der Waals surface area contributed by atoms with Crippen LogP contribution in [0.15, 0.2) is 59.7 Å². The molecule has 2 aromatic carbocycles. The van der Waals surface area contributed by atoms with Crippen LogP contribution in [-0.2, 0) is 25.8 Å². The first-order valence-corrected chi connectivity index (χ1v) is 12.0.